The Balaban J connectivity index is 3.46. The molecule has 0 amide bonds. The highest BCUT2D eigenvalue weighted by atomic mass is 14.9. The molecule has 0 aromatic rings. The van der Waals surface area contributed by atoms with Crippen LogP contribution in [0.3, 0.4) is 0 Å². The summed E-state index contributed by atoms with van der Waals surface area (Å²) < 4.78 is 0. The summed E-state index contributed by atoms with van der Waals surface area (Å²) in [6.45, 7) is 8.39. The molecule has 0 rings (SSSR count). The fourth-order valence-electron chi connectivity index (χ4n) is 1.95. The van der Waals surface area contributed by atoms with Gasteiger partial charge in [-0.3, -0.25) is 0 Å². The molecule has 104 valence electrons. The van der Waals surface area contributed by atoms with Crippen molar-refractivity contribution in [3.8, 4) is 0 Å². The molecule has 2 heteroatoms. The Morgan fingerprint density at radius 2 is 1.12 bits per heavy atom. The van der Waals surface area contributed by atoms with E-state index in [-0.39, 0.29) is 11.1 Å². The Morgan fingerprint density at radius 3 is 1.53 bits per heavy atom. The summed E-state index contributed by atoms with van der Waals surface area (Å²) in [5.74, 6) is 0. The van der Waals surface area contributed by atoms with Gasteiger partial charge in [0.25, 0.3) is 0 Å². The molecule has 17 heavy (non-hydrogen) atoms. The molecule has 0 aromatic heterocycles. The molecular formula is C15H34N2. The van der Waals surface area contributed by atoms with Crippen LogP contribution in [0, 0.1) is 0 Å². The molecule has 1 atom stereocenters. The van der Waals surface area contributed by atoms with Gasteiger partial charge in [0.05, 0.1) is 0 Å². The first-order chi connectivity index (χ1) is 7.81. The van der Waals surface area contributed by atoms with Crippen LogP contribution in [0.2, 0.25) is 0 Å². The highest BCUT2D eigenvalue weighted by Gasteiger charge is 2.33. The van der Waals surface area contributed by atoms with E-state index in [1.165, 1.54) is 51.4 Å². The lowest BCUT2D eigenvalue weighted by Crippen LogP contribution is -2.60. The average Bonchev–Trinajstić information content (AvgIpc) is 2.20. The molecule has 0 heterocycles. The number of unbranched alkanes of at least 4 members (excludes halogenated alkanes) is 7. The van der Waals surface area contributed by atoms with Gasteiger partial charge >= 0.3 is 0 Å². The summed E-state index contributed by atoms with van der Waals surface area (Å²) in [6, 6.07) is 0. The minimum atomic E-state index is -0.284. The first kappa shape index (κ1) is 16.9. The third kappa shape index (κ3) is 7.77. The number of nitrogens with two attached hydrogens (primary N) is 2. The molecule has 0 aliphatic carbocycles. The molecule has 0 saturated carbocycles. The standard InChI is InChI=1S/C15H34N2/c1-5-6-7-8-9-10-11-12-13-15(4,17)14(2,3)16/h5-13,16-17H2,1-4H3. The van der Waals surface area contributed by atoms with Crippen molar-refractivity contribution in [2.45, 2.75) is 96.6 Å². The van der Waals surface area contributed by atoms with E-state index in [1.807, 2.05) is 13.8 Å². The van der Waals surface area contributed by atoms with Crippen molar-refractivity contribution in [1.82, 2.24) is 0 Å². The number of hydrogen-bond donors (Lipinski definition) is 2. The van der Waals surface area contributed by atoms with Crippen LogP contribution in [0.15, 0.2) is 0 Å². The minimum absolute atomic E-state index is 0.241. The summed E-state index contributed by atoms with van der Waals surface area (Å²) in [5, 5.41) is 0. The van der Waals surface area contributed by atoms with Crippen molar-refractivity contribution in [3.63, 3.8) is 0 Å². The van der Waals surface area contributed by atoms with Gasteiger partial charge in [-0.15, -0.1) is 0 Å². The molecule has 0 fully saturated rings. The van der Waals surface area contributed by atoms with E-state index < -0.39 is 0 Å². The summed E-state index contributed by atoms with van der Waals surface area (Å²) >= 11 is 0. The zero-order valence-electron chi connectivity index (χ0n) is 12.5. The van der Waals surface area contributed by atoms with Gasteiger partial charge in [-0.25, -0.2) is 0 Å². The average molecular weight is 242 g/mol. The molecule has 0 bridgehead atoms. The number of rotatable bonds is 10. The molecular weight excluding hydrogens is 208 g/mol. The van der Waals surface area contributed by atoms with Gasteiger partial charge in [0.1, 0.15) is 0 Å². The molecule has 0 saturated heterocycles. The van der Waals surface area contributed by atoms with E-state index >= 15 is 0 Å². The quantitative estimate of drug-likeness (QED) is 0.569. The molecule has 4 N–H and O–H groups in total. The first-order valence-corrected chi connectivity index (χ1v) is 7.39. The van der Waals surface area contributed by atoms with Crippen molar-refractivity contribution in [1.29, 1.82) is 0 Å². The summed E-state index contributed by atoms with van der Waals surface area (Å²) in [7, 11) is 0. The van der Waals surface area contributed by atoms with E-state index in [0.29, 0.717) is 0 Å². The van der Waals surface area contributed by atoms with E-state index in [9.17, 15) is 0 Å². The van der Waals surface area contributed by atoms with E-state index in [1.54, 1.807) is 0 Å². The second-order valence-corrected chi connectivity index (χ2v) is 6.36. The molecule has 0 radical (unpaired) electrons. The normalized spacial score (nSPS) is 15.9. The van der Waals surface area contributed by atoms with E-state index in [4.69, 9.17) is 11.5 Å². The minimum Gasteiger partial charge on any atom is -0.324 e. The van der Waals surface area contributed by atoms with Gasteiger partial charge in [0.15, 0.2) is 0 Å². The summed E-state index contributed by atoms with van der Waals surface area (Å²) in [4.78, 5) is 0. The van der Waals surface area contributed by atoms with Gasteiger partial charge in [-0.2, -0.15) is 0 Å². The van der Waals surface area contributed by atoms with Crippen molar-refractivity contribution < 1.29 is 0 Å². The maximum atomic E-state index is 6.25. The Bertz CT molecular complexity index is 180. The summed E-state index contributed by atoms with van der Waals surface area (Å²) in [5.41, 5.74) is 11.8. The monoisotopic (exact) mass is 242 g/mol. The van der Waals surface area contributed by atoms with Crippen molar-refractivity contribution in [2.24, 2.45) is 11.5 Å². The van der Waals surface area contributed by atoms with Crippen LogP contribution in [0.4, 0.5) is 0 Å². The van der Waals surface area contributed by atoms with Crippen LogP contribution >= 0.6 is 0 Å². The Kier molecular flexibility index (Phi) is 8.06. The SMILES string of the molecule is CCCCCCCCCCC(C)(N)C(C)(C)N. The van der Waals surface area contributed by atoms with E-state index in [2.05, 4.69) is 13.8 Å². The fourth-order valence-corrected chi connectivity index (χ4v) is 1.95. The molecule has 0 aliphatic heterocycles. The van der Waals surface area contributed by atoms with Crippen LogP contribution in [-0.4, -0.2) is 11.1 Å². The predicted molar refractivity (Wildman–Crippen MR) is 78.1 cm³/mol. The van der Waals surface area contributed by atoms with Crippen LogP contribution in [-0.2, 0) is 0 Å². The third-order valence-corrected chi connectivity index (χ3v) is 4.02. The van der Waals surface area contributed by atoms with Crippen molar-refractivity contribution >= 4 is 0 Å². The van der Waals surface area contributed by atoms with Crippen molar-refractivity contribution in [3.05, 3.63) is 0 Å². The van der Waals surface area contributed by atoms with Gasteiger partial charge in [0, 0.05) is 11.1 Å². The Morgan fingerprint density at radius 1 is 0.706 bits per heavy atom. The lowest BCUT2D eigenvalue weighted by molar-refractivity contribution is 0.257. The number of hydrogen-bond acceptors (Lipinski definition) is 2. The summed E-state index contributed by atoms with van der Waals surface area (Å²) in [6.07, 6.45) is 11.8. The van der Waals surface area contributed by atoms with Crippen LogP contribution < -0.4 is 11.5 Å². The topological polar surface area (TPSA) is 52.0 Å². The molecule has 0 spiro atoms. The molecule has 0 aromatic carbocycles. The molecule has 2 nitrogen and oxygen atoms in total. The van der Waals surface area contributed by atoms with E-state index in [0.717, 1.165) is 6.42 Å². The smallest absolute Gasteiger partial charge is 0.0302 e. The molecule has 1 unspecified atom stereocenters. The Hall–Kier alpha value is -0.0800. The third-order valence-electron chi connectivity index (χ3n) is 4.02. The maximum Gasteiger partial charge on any atom is 0.0302 e. The lowest BCUT2D eigenvalue weighted by Gasteiger charge is -2.38. The second-order valence-electron chi connectivity index (χ2n) is 6.36. The van der Waals surface area contributed by atoms with Gasteiger partial charge in [-0.05, 0) is 27.2 Å². The second kappa shape index (κ2) is 8.10. The zero-order valence-corrected chi connectivity index (χ0v) is 12.5. The maximum absolute atomic E-state index is 6.25. The molecule has 0 aliphatic rings. The van der Waals surface area contributed by atoms with Gasteiger partial charge < -0.3 is 11.5 Å². The van der Waals surface area contributed by atoms with Gasteiger partial charge in [0.2, 0.25) is 0 Å². The largest absolute Gasteiger partial charge is 0.324 e. The highest BCUT2D eigenvalue weighted by molar-refractivity contribution is 4.97. The Labute approximate surface area is 109 Å². The van der Waals surface area contributed by atoms with Gasteiger partial charge in [-0.1, -0.05) is 58.3 Å². The fraction of sp³-hybridized carbons (Fsp3) is 1.00. The van der Waals surface area contributed by atoms with Crippen molar-refractivity contribution in [2.75, 3.05) is 0 Å². The predicted octanol–water partition coefficient (Wildman–Crippen LogP) is 3.97. The van der Waals surface area contributed by atoms with Crippen LogP contribution in [0.25, 0.3) is 0 Å². The zero-order chi connectivity index (χ0) is 13.4. The lowest BCUT2D eigenvalue weighted by atomic mass is 9.79. The first-order valence-electron chi connectivity index (χ1n) is 7.39. The highest BCUT2D eigenvalue weighted by Crippen LogP contribution is 2.23. The van der Waals surface area contributed by atoms with Crippen LogP contribution in [0.1, 0.15) is 85.5 Å². The van der Waals surface area contributed by atoms with Crippen LogP contribution in [0.5, 0.6) is 0 Å².